The zero-order valence-corrected chi connectivity index (χ0v) is 16.3. The molecule has 1 aromatic heterocycles. The standard InChI is InChI=1S/C25H24N2O/c1-3-27(4-2)22-17-15-20(16-18-22)24-23(19-11-7-5-8-12-19)26-25(28-24)21-13-9-6-10-14-21/h5-18H,3-4H2,1-2H3. The fraction of sp³-hybridized carbons (Fsp3) is 0.160. The molecule has 0 aliphatic carbocycles. The Labute approximate surface area is 166 Å². The van der Waals surface area contributed by atoms with Gasteiger partial charge >= 0.3 is 0 Å². The Balaban J connectivity index is 1.80. The van der Waals surface area contributed by atoms with Gasteiger partial charge in [0.1, 0.15) is 5.69 Å². The van der Waals surface area contributed by atoms with Crippen LogP contribution in [-0.4, -0.2) is 18.1 Å². The smallest absolute Gasteiger partial charge is 0.227 e. The van der Waals surface area contributed by atoms with Crippen LogP contribution in [-0.2, 0) is 0 Å². The number of aromatic nitrogens is 1. The van der Waals surface area contributed by atoms with Crippen LogP contribution in [0.5, 0.6) is 0 Å². The predicted molar refractivity (Wildman–Crippen MR) is 116 cm³/mol. The van der Waals surface area contributed by atoms with Gasteiger partial charge < -0.3 is 9.32 Å². The minimum atomic E-state index is 0.641. The molecule has 0 spiro atoms. The summed E-state index contributed by atoms with van der Waals surface area (Å²) in [6, 6.07) is 28.8. The highest BCUT2D eigenvalue weighted by Crippen LogP contribution is 2.36. The topological polar surface area (TPSA) is 29.3 Å². The lowest BCUT2D eigenvalue weighted by Crippen LogP contribution is -2.21. The van der Waals surface area contributed by atoms with Crippen molar-refractivity contribution in [2.45, 2.75) is 13.8 Å². The summed E-state index contributed by atoms with van der Waals surface area (Å²) in [7, 11) is 0. The summed E-state index contributed by atoms with van der Waals surface area (Å²) < 4.78 is 6.27. The predicted octanol–water partition coefficient (Wildman–Crippen LogP) is 6.52. The Morgan fingerprint density at radius 2 is 1.25 bits per heavy atom. The van der Waals surface area contributed by atoms with E-state index in [4.69, 9.17) is 9.40 Å². The molecule has 0 aliphatic rings. The lowest BCUT2D eigenvalue weighted by Gasteiger charge is -2.21. The van der Waals surface area contributed by atoms with Crippen LogP contribution in [0.15, 0.2) is 89.3 Å². The van der Waals surface area contributed by atoms with Gasteiger partial charge in [-0.15, -0.1) is 0 Å². The van der Waals surface area contributed by atoms with Crippen molar-refractivity contribution in [3.63, 3.8) is 0 Å². The summed E-state index contributed by atoms with van der Waals surface area (Å²) in [4.78, 5) is 7.17. The first-order chi connectivity index (χ1) is 13.8. The van der Waals surface area contributed by atoms with Gasteiger partial charge in [-0.3, -0.25) is 0 Å². The third-order valence-electron chi connectivity index (χ3n) is 4.95. The van der Waals surface area contributed by atoms with Gasteiger partial charge in [-0.1, -0.05) is 48.5 Å². The molecule has 0 atom stereocenters. The summed E-state index contributed by atoms with van der Waals surface area (Å²) in [5.74, 6) is 1.44. The van der Waals surface area contributed by atoms with Gasteiger partial charge in [0, 0.05) is 35.5 Å². The lowest BCUT2D eigenvalue weighted by molar-refractivity contribution is 0.589. The zero-order chi connectivity index (χ0) is 19.3. The van der Waals surface area contributed by atoms with E-state index in [1.165, 1.54) is 5.69 Å². The molecule has 3 heteroatoms. The van der Waals surface area contributed by atoms with Crippen molar-refractivity contribution in [1.82, 2.24) is 4.98 Å². The fourth-order valence-corrected chi connectivity index (χ4v) is 3.42. The number of nitrogens with zero attached hydrogens (tertiary/aromatic N) is 2. The van der Waals surface area contributed by atoms with E-state index < -0.39 is 0 Å². The number of hydrogen-bond donors (Lipinski definition) is 0. The van der Waals surface area contributed by atoms with Gasteiger partial charge in [-0.2, -0.15) is 0 Å². The molecule has 1 heterocycles. The molecular formula is C25H24N2O. The van der Waals surface area contributed by atoms with E-state index in [0.29, 0.717) is 5.89 Å². The zero-order valence-electron chi connectivity index (χ0n) is 16.3. The fourth-order valence-electron chi connectivity index (χ4n) is 3.42. The number of oxazole rings is 1. The summed E-state index contributed by atoms with van der Waals surface area (Å²) in [6.45, 7) is 6.33. The van der Waals surface area contributed by atoms with Crippen LogP contribution in [0.4, 0.5) is 5.69 Å². The van der Waals surface area contributed by atoms with Gasteiger partial charge in [0.25, 0.3) is 0 Å². The third kappa shape index (κ3) is 3.56. The van der Waals surface area contributed by atoms with Crippen LogP contribution >= 0.6 is 0 Å². The molecule has 0 saturated heterocycles. The highest BCUT2D eigenvalue weighted by Gasteiger charge is 2.18. The molecule has 28 heavy (non-hydrogen) atoms. The molecule has 0 N–H and O–H groups in total. The van der Waals surface area contributed by atoms with E-state index in [2.05, 4.69) is 55.1 Å². The molecule has 3 nitrogen and oxygen atoms in total. The van der Waals surface area contributed by atoms with Gasteiger partial charge in [0.15, 0.2) is 5.76 Å². The summed E-state index contributed by atoms with van der Waals surface area (Å²) in [5, 5.41) is 0. The van der Waals surface area contributed by atoms with Crippen molar-refractivity contribution in [2.75, 3.05) is 18.0 Å². The number of hydrogen-bond acceptors (Lipinski definition) is 3. The second kappa shape index (κ2) is 8.13. The Morgan fingerprint density at radius 1 is 0.679 bits per heavy atom. The maximum atomic E-state index is 6.27. The number of anilines is 1. The van der Waals surface area contributed by atoms with E-state index in [-0.39, 0.29) is 0 Å². The minimum absolute atomic E-state index is 0.641. The van der Waals surface area contributed by atoms with Crippen LogP contribution in [0.25, 0.3) is 34.0 Å². The molecule has 0 bridgehead atoms. The van der Waals surface area contributed by atoms with Crippen molar-refractivity contribution in [3.8, 4) is 34.0 Å². The molecule has 0 radical (unpaired) electrons. The van der Waals surface area contributed by atoms with E-state index in [9.17, 15) is 0 Å². The largest absolute Gasteiger partial charge is 0.435 e. The molecule has 4 rings (SSSR count). The highest BCUT2D eigenvalue weighted by molar-refractivity contribution is 5.79. The Bertz CT molecular complexity index is 1020. The average Bonchev–Trinajstić information content (AvgIpc) is 3.22. The summed E-state index contributed by atoms with van der Waals surface area (Å²) in [5.41, 5.74) is 5.15. The SMILES string of the molecule is CCN(CC)c1ccc(-c2oc(-c3ccccc3)nc2-c2ccccc2)cc1. The van der Waals surface area contributed by atoms with Crippen molar-refractivity contribution >= 4 is 5.69 Å². The van der Waals surface area contributed by atoms with Crippen LogP contribution in [0.1, 0.15) is 13.8 Å². The molecule has 3 aromatic carbocycles. The van der Waals surface area contributed by atoms with Crippen LogP contribution in [0.3, 0.4) is 0 Å². The quantitative estimate of drug-likeness (QED) is 0.388. The third-order valence-corrected chi connectivity index (χ3v) is 4.95. The van der Waals surface area contributed by atoms with Crippen molar-refractivity contribution in [3.05, 3.63) is 84.9 Å². The van der Waals surface area contributed by atoms with E-state index >= 15 is 0 Å². The van der Waals surface area contributed by atoms with Gasteiger partial charge in [0.05, 0.1) is 0 Å². The molecule has 0 aliphatic heterocycles. The van der Waals surface area contributed by atoms with Crippen LogP contribution in [0.2, 0.25) is 0 Å². The average molecular weight is 368 g/mol. The molecule has 4 aromatic rings. The molecule has 0 unspecified atom stereocenters. The van der Waals surface area contributed by atoms with Crippen molar-refractivity contribution in [1.29, 1.82) is 0 Å². The first kappa shape index (κ1) is 18.1. The lowest BCUT2D eigenvalue weighted by atomic mass is 10.1. The maximum Gasteiger partial charge on any atom is 0.227 e. The Hall–Kier alpha value is -3.33. The Morgan fingerprint density at radius 3 is 1.82 bits per heavy atom. The maximum absolute atomic E-state index is 6.27. The van der Waals surface area contributed by atoms with Gasteiger partial charge in [-0.05, 0) is 50.2 Å². The van der Waals surface area contributed by atoms with Gasteiger partial charge in [0.2, 0.25) is 5.89 Å². The number of rotatable bonds is 6. The second-order valence-corrected chi connectivity index (χ2v) is 6.65. The first-order valence-electron chi connectivity index (χ1n) is 9.77. The summed E-state index contributed by atoms with van der Waals surface area (Å²) in [6.07, 6.45) is 0. The normalized spacial score (nSPS) is 10.8. The summed E-state index contributed by atoms with van der Waals surface area (Å²) >= 11 is 0. The molecule has 140 valence electrons. The van der Waals surface area contributed by atoms with E-state index in [1.807, 2.05) is 48.5 Å². The highest BCUT2D eigenvalue weighted by atomic mass is 16.4. The molecule has 0 amide bonds. The molecular weight excluding hydrogens is 344 g/mol. The van der Waals surface area contributed by atoms with Crippen molar-refractivity contribution < 1.29 is 4.42 Å². The molecule has 0 saturated carbocycles. The minimum Gasteiger partial charge on any atom is -0.435 e. The Kier molecular flexibility index (Phi) is 5.24. The van der Waals surface area contributed by atoms with Crippen LogP contribution < -0.4 is 4.90 Å². The second-order valence-electron chi connectivity index (χ2n) is 6.65. The van der Waals surface area contributed by atoms with Gasteiger partial charge in [-0.25, -0.2) is 4.98 Å². The van der Waals surface area contributed by atoms with Crippen LogP contribution in [0, 0.1) is 0 Å². The monoisotopic (exact) mass is 368 g/mol. The van der Waals surface area contributed by atoms with Crippen molar-refractivity contribution in [2.24, 2.45) is 0 Å². The first-order valence-corrected chi connectivity index (χ1v) is 9.77. The molecule has 0 fully saturated rings. The van der Waals surface area contributed by atoms with E-state index in [1.54, 1.807) is 0 Å². The van der Waals surface area contributed by atoms with E-state index in [0.717, 1.165) is 41.2 Å². The number of benzene rings is 3.